The fourth-order valence-electron chi connectivity index (χ4n) is 3.51. The van der Waals surface area contributed by atoms with Crippen LogP contribution in [0.25, 0.3) is 10.1 Å². The van der Waals surface area contributed by atoms with E-state index in [1.165, 1.54) is 11.1 Å². The van der Waals surface area contributed by atoms with Gasteiger partial charge >= 0.3 is 0 Å². The Kier molecular flexibility index (Phi) is 3.12. The van der Waals surface area contributed by atoms with Gasteiger partial charge in [-0.25, -0.2) is 0 Å². The van der Waals surface area contributed by atoms with Crippen molar-refractivity contribution in [1.82, 2.24) is 0 Å². The maximum Gasteiger partial charge on any atom is 0.193 e. The molecule has 2 aromatic carbocycles. The molecule has 2 nitrogen and oxygen atoms in total. The number of hydrogen-bond acceptors (Lipinski definition) is 4. The van der Waals surface area contributed by atoms with Gasteiger partial charge in [-0.2, -0.15) is 0 Å². The molecule has 0 saturated heterocycles. The highest BCUT2D eigenvalue weighted by atomic mass is 32.2. The third-order valence-corrected chi connectivity index (χ3v) is 7.02. The molecule has 4 heteroatoms. The second kappa shape index (κ2) is 5.23. The van der Waals surface area contributed by atoms with Gasteiger partial charge in [0.15, 0.2) is 5.43 Å². The Bertz CT molecular complexity index is 1080. The smallest absolute Gasteiger partial charge is 0.193 e. The van der Waals surface area contributed by atoms with Crippen LogP contribution in [0.4, 0.5) is 0 Å². The molecular formula is C20H14O2S2. The zero-order chi connectivity index (χ0) is 16.3. The molecule has 5 rings (SSSR count). The molecular weight excluding hydrogens is 336 g/mol. The van der Waals surface area contributed by atoms with E-state index in [-0.39, 0.29) is 11.3 Å². The van der Waals surface area contributed by atoms with Crippen LogP contribution >= 0.6 is 23.1 Å². The van der Waals surface area contributed by atoms with Gasteiger partial charge in [0.05, 0.1) is 4.21 Å². The van der Waals surface area contributed by atoms with E-state index >= 15 is 0 Å². The van der Waals surface area contributed by atoms with E-state index in [9.17, 15) is 4.79 Å². The van der Waals surface area contributed by atoms with Gasteiger partial charge in [-0.15, -0.1) is 11.3 Å². The molecule has 0 fully saturated rings. The molecule has 2 aliphatic heterocycles. The molecule has 2 aliphatic rings. The summed E-state index contributed by atoms with van der Waals surface area (Å²) in [5.74, 6) is 0.927. The Morgan fingerprint density at radius 2 is 2.04 bits per heavy atom. The first-order chi connectivity index (χ1) is 11.7. The molecule has 0 saturated carbocycles. The molecule has 1 aromatic heterocycles. The highest BCUT2D eigenvalue weighted by Gasteiger charge is 2.34. The van der Waals surface area contributed by atoms with E-state index in [0.717, 1.165) is 31.2 Å². The predicted molar refractivity (Wildman–Crippen MR) is 101 cm³/mol. The second-order valence-corrected chi connectivity index (χ2v) is 8.39. The maximum absolute atomic E-state index is 13.2. The van der Waals surface area contributed by atoms with Crippen LogP contribution in [0.2, 0.25) is 0 Å². The van der Waals surface area contributed by atoms with Crippen molar-refractivity contribution in [3.63, 3.8) is 0 Å². The molecule has 118 valence electrons. The summed E-state index contributed by atoms with van der Waals surface area (Å²) in [6, 6.07) is 14.2. The highest BCUT2D eigenvalue weighted by Crippen LogP contribution is 2.49. The van der Waals surface area contributed by atoms with Crippen LogP contribution in [-0.2, 0) is 0 Å². The van der Waals surface area contributed by atoms with Crippen molar-refractivity contribution < 1.29 is 4.74 Å². The van der Waals surface area contributed by atoms with Gasteiger partial charge in [-0.1, -0.05) is 41.6 Å². The molecule has 0 aliphatic carbocycles. The molecule has 3 heterocycles. The van der Waals surface area contributed by atoms with Crippen LogP contribution in [-0.4, -0.2) is 6.61 Å². The van der Waals surface area contributed by atoms with Crippen LogP contribution < -0.4 is 10.2 Å². The lowest BCUT2D eigenvalue weighted by atomic mass is 9.83. The van der Waals surface area contributed by atoms with Crippen LogP contribution in [0, 0.1) is 6.92 Å². The summed E-state index contributed by atoms with van der Waals surface area (Å²) in [4.78, 5) is 13.2. The Labute approximate surface area is 147 Å². The normalized spacial score (nSPS) is 18.2. The van der Waals surface area contributed by atoms with Crippen molar-refractivity contribution in [2.45, 2.75) is 17.1 Å². The Morgan fingerprint density at radius 3 is 2.96 bits per heavy atom. The van der Waals surface area contributed by atoms with Gasteiger partial charge in [-0.05, 0) is 36.1 Å². The van der Waals surface area contributed by atoms with Gasteiger partial charge in [0, 0.05) is 27.1 Å². The average molecular weight is 350 g/mol. The second-order valence-electron chi connectivity index (χ2n) is 6.20. The van der Waals surface area contributed by atoms with Crippen molar-refractivity contribution in [2.24, 2.45) is 0 Å². The summed E-state index contributed by atoms with van der Waals surface area (Å²) >= 11 is 3.37. The minimum Gasteiger partial charge on any atom is -0.489 e. The summed E-state index contributed by atoms with van der Waals surface area (Å²) in [6.45, 7) is 2.64. The van der Waals surface area contributed by atoms with Crippen LogP contribution in [0.5, 0.6) is 5.75 Å². The lowest BCUT2D eigenvalue weighted by molar-refractivity contribution is 0.324. The SMILES string of the molecule is Cc1ccc2c(c1)C1C(=CSc3sc4ccccc4c(=O)c31)CO2. The molecule has 0 radical (unpaired) electrons. The fourth-order valence-corrected chi connectivity index (χ4v) is 5.86. The van der Waals surface area contributed by atoms with E-state index in [2.05, 4.69) is 24.5 Å². The summed E-state index contributed by atoms with van der Waals surface area (Å²) in [6.07, 6.45) is 0. The number of rotatable bonds is 0. The Balaban J connectivity index is 1.85. The quantitative estimate of drug-likeness (QED) is 0.565. The molecule has 0 spiro atoms. The Hall–Kier alpha value is -2.04. The molecule has 0 N–H and O–H groups in total. The number of hydrogen-bond donors (Lipinski definition) is 0. The van der Waals surface area contributed by atoms with E-state index in [1.807, 2.05) is 30.3 Å². The molecule has 24 heavy (non-hydrogen) atoms. The van der Waals surface area contributed by atoms with Gasteiger partial charge in [0.2, 0.25) is 0 Å². The maximum atomic E-state index is 13.2. The summed E-state index contributed by atoms with van der Waals surface area (Å²) in [5, 5.41) is 2.99. The molecule has 1 unspecified atom stereocenters. The van der Waals surface area contributed by atoms with Gasteiger partial charge < -0.3 is 4.74 Å². The highest BCUT2D eigenvalue weighted by molar-refractivity contribution is 8.04. The van der Waals surface area contributed by atoms with Crippen molar-refractivity contribution >= 4 is 33.2 Å². The van der Waals surface area contributed by atoms with E-state index in [4.69, 9.17) is 4.74 Å². The summed E-state index contributed by atoms with van der Waals surface area (Å²) in [7, 11) is 0. The standard InChI is InChI=1S/C20H14O2S2/c1-11-6-7-15-14(8-11)17-12(9-22-15)10-23-20-18(17)19(21)13-4-2-3-5-16(13)24-20/h2-8,10,17H,9H2,1H3. The Morgan fingerprint density at radius 1 is 1.17 bits per heavy atom. The third kappa shape index (κ3) is 2.00. The van der Waals surface area contributed by atoms with E-state index in [1.54, 1.807) is 23.1 Å². The number of fused-ring (bicyclic) bond motifs is 6. The van der Waals surface area contributed by atoms with Crippen LogP contribution in [0.3, 0.4) is 0 Å². The monoisotopic (exact) mass is 350 g/mol. The number of thioether (sulfide) groups is 1. The molecule has 3 aromatic rings. The molecule has 0 bridgehead atoms. The van der Waals surface area contributed by atoms with Gasteiger partial charge in [0.25, 0.3) is 0 Å². The summed E-state index contributed by atoms with van der Waals surface area (Å²) < 4.78 is 8.08. The van der Waals surface area contributed by atoms with Gasteiger partial charge in [-0.3, -0.25) is 4.79 Å². The van der Waals surface area contributed by atoms with Crippen LogP contribution in [0.1, 0.15) is 22.6 Å². The zero-order valence-corrected chi connectivity index (χ0v) is 14.7. The zero-order valence-electron chi connectivity index (χ0n) is 13.0. The largest absolute Gasteiger partial charge is 0.489 e. The lowest BCUT2D eigenvalue weighted by Gasteiger charge is -2.32. The van der Waals surface area contributed by atoms with E-state index < -0.39 is 0 Å². The first-order valence-electron chi connectivity index (χ1n) is 7.87. The summed E-state index contributed by atoms with van der Waals surface area (Å²) in [5.41, 5.74) is 4.59. The number of aryl methyl sites for hydroxylation is 1. The minimum absolute atomic E-state index is 0.0262. The average Bonchev–Trinajstić information content (AvgIpc) is 2.61. The topological polar surface area (TPSA) is 26.3 Å². The third-order valence-electron chi connectivity index (χ3n) is 4.65. The fraction of sp³-hybridized carbons (Fsp3) is 0.150. The van der Waals surface area contributed by atoms with Crippen molar-refractivity contribution in [1.29, 1.82) is 0 Å². The first-order valence-corrected chi connectivity index (χ1v) is 9.56. The van der Waals surface area contributed by atoms with Crippen molar-refractivity contribution in [2.75, 3.05) is 6.61 Å². The van der Waals surface area contributed by atoms with Crippen molar-refractivity contribution in [3.8, 4) is 5.75 Å². The molecule has 0 amide bonds. The minimum atomic E-state index is 0.0262. The predicted octanol–water partition coefficient (Wildman–Crippen LogP) is 5.08. The van der Waals surface area contributed by atoms with Crippen LogP contribution in [0.15, 0.2) is 62.4 Å². The van der Waals surface area contributed by atoms with Gasteiger partial charge in [0.1, 0.15) is 12.4 Å². The first kappa shape index (κ1) is 14.3. The van der Waals surface area contributed by atoms with Crippen molar-refractivity contribution in [3.05, 3.63) is 80.4 Å². The van der Waals surface area contributed by atoms with E-state index in [0.29, 0.717) is 6.61 Å². The lowest BCUT2D eigenvalue weighted by Crippen LogP contribution is -2.25. The number of ether oxygens (including phenoxy) is 1. The molecule has 1 atom stereocenters. The number of benzene rings is 2.